The van der Waals surface area contributed by atoms with Gasteiger partial charge in [-0.3, -0.25) is 0 Å². The second-order valence-electron chi connectivity index (χ2n) is 4.39. The highest BCUT2D eigenvalue weighted by atomic mass is 79.9. The number of aromatic nitrogens is 1. The summed E-state index contributed by atoms with van der Waals surface area (Å²) in [5.41, 5.74) is 0.736. The van der Waals surface area contributed by atoms with Gasteiger partial charge in [-0.05, 0) is 41.3 Å². The number of amides is 2. The van der Waals surface area contributed by atoms with Crippen LogP contribution in [-0.4, -0.2) is 17.1 Å². The summed E-state index contributed by atoms with van der Waals surface area (Å²) < 4.78 is 13.2. The molecule has 1 unspecified atom stereocenters. The molecule has 2 amide bonds. The van der Waals surface area contributed by atoms with E-state index in [0.29, 0.717) is 11.1 Å². The van der Waals surface area contributed by atoms with Crippen LogP contribution in [0.25, 0.3) is 0 Å². The Bertz CT molecular complexity index is 493. The first-order valence-corrected chi connectivity index (χ1v) is 6.95. The molecule has 102 valence electrons. The van der Waals surface area contributed by atoms with Crippen LogP contribution in [0.5, 0.6) is 0 Å². The lowest BCUT2D eigenvalue weighted by atomic mass is 10.0. The summed E-state index contributed by atoms with van der Waals surface area (Å²) in [6.07, 6.45) is 7.03. The van der Waals surface area contributed by atoms with E-state index in [0.717, 1.165) is 24.8 Å². The lowest BCUT2D eigenvalue weighted by molar-refractivity contribution is 0.235. The molecule has 2 rings (SSSR count). The fourth-order valence-electron chi connectivity index (χ4n) is 1.91. The second kappa shape index (κ2) is 6.65. The third-order valence-electron chi connectivity index (χ3n) is 2.94. The lowest BCUT2D eigenvalue weighted by Gasteiger charge is -2.19. The molecule has 1 aliphatic carbocycles. The Kier molecular flexibility index (Phi) is 4.90. The van der Waals surface area contributed by atoms with E-state index in [2.05, 4.69) is 43.7 Å². The van der Waals surface area contributed by atoms with Gasteiger partial charge in [0.1, 0.15) is 4.60 Å². The molecular weight excluding hydrogens is 313 g/mol. The van der Waals surface area contributed by atoms with Crippen LogP contribution in [0, 0.1) is 5.95 Å². The number of carbonyl (C=O) groups is 1. The highest BCUT2D eigenvalue weighted by Gasteiger charge is 2.12. The third-order valence-corrected chi connectivity index (χ3v) is 3.62. The number of hydrogen-bond donors (Lipinski definition) is 2. The Hall–Kier alpha value is -1.43. The van der Waals surface area contributed by atoms with Crippen molar-refractivity contribution in [3.63, 3.8) is 0 Å². The van der Waals surface area contributed by atoms with Gasteiger partial charge in [-0.2, -0.15) is 4.39 Å². The SMILES string of the molecule is O=C(NCc1ccc(F)nc1Br)NC1CC=CCC1. The summed E-state index contributed by atoms with van der Waals surface area (Å²) in [5.74, 6) is -0.547. The van der Waals surface area contributed by atoms with Gasteiger partial charge in [-0.15, -0.1) is 0 Å². The van der Waals surface area contributed by atoms with E-state index in [1.807, 2.05) is 0 Å². The molecule has 1 heterocycles. The maximum absolute atomic E-state index is 12.8. The summed E-state index contributed by atoms with van der Waals surface area (Å²) in [6, 6.07) is 2.85. The fraction of sp³-hybridized carbons (Fsp3) is 0.385. The largest absolute Gasteiger partial charge is 0.335 e. The van der Waals surface area contributed by atoms with E-state index >= 15 is 0 Å². The zero-order chi connectivity index (χ0) is 13.7. The molecule has 0 saturated carbocycles. The number of rotatable bonds is 3. The number of hydrogen-bond acceptors (Lipinski definition) is 2. The molecule has 19 heavy (non-hydrogen) atoms. The molecule has 4 nitrogen and oxygen atoms in total. The van der Waals surface area contributed by atoms with Crippen molar-refractivity contribution in [2.24, 2.45) is 0 Å². The topological polar surface area (TPSA) is 54.0 Å². The zero-order valence-corrected chi connectivity index (χ0v) is 11.9. The fourth-order valence-corrected chi connectivity index (χ4v) is 2.35. The number of carbonyl (C=O) groups excluding carboxylic acids is 1. The van der Waals surface area contributed by atoms with Crippen LogP contribution in [0.1, 0.15) is 24.8 Å². The number of nitrogens with zero attached hydrogens (tertiary/aromatic N) is 1. The zero-order valence-electron chi connectivity index (χ0n) is 10.3. The summed E-state index contributed by atoms with van der Waals surface area (Å²) in [6.45, 7) is 0.308. The molecule has 1 aromatic rings. The molecule has 0 spiro atoms. The van der Waals surface area contributed by atoms with Crippen LogP contribution in [0.15, 0.2) is 28.9 Å². The van der Waals surface area contributed by atoms with Crippen LogP contribution in [-0.2, 0) is 6.54 Å². The smallest absolute Gasteiger partial charge is 0.315 e. The molecule has 6 heteroatoms. The van der Waals surface area contributed by atoms with Crippen molar-refractivity contribution in [1.82, 2.24) is 15.6 Å². The van der Waals surface area contributed by atoms with E-state index in [-0.39, 0.29) is 12.1 Å². The van der Waals surface area contributed by atoms with Crippen LogP contribution in [0.4, 0.5) is 9.18 Å². The Labute approximate surface area is 119 Å². The Morgan fingerprint density at radius 2 is 2.32 bits per heavy atom. The number of pyridine rings is 1. The molecular formula is C13H15BrFN3O. The molecule has 0 fully saturated rings. The van der Waals surface area contributed by atoms with E-state index < -0.39 is 5.95 Å². The van der Waals surface area contributed by atoms with Crippen molar-refractivity contribution in [3.8, 4) is 0 Å². The minimum atomic E-state index is -0.547. The monoisotopic (exact) mass is 327 g/mol. The molecule has 1 aliphatic rings. The van der Waals surface area contributed by atoms with Crippen molar-refractivity contribution in [2.45, 2.75) is 31.8 Å². The molecule has 0 aromatic carbocycles. The van der Waals surface area contributed by atoms with Gasteiger partial charge in [0.05, 0.1) is 0 Å². The number of halogens is 2. The number of nitrogens with one attached hydrogen (secondary N) is 2. The number of allylic oxidation sites excluding steroid dienone is 1. The first-order valence-electron chi connectivity index (χ1n) is 6.15. The van der Waals surface area contributed by atoms with Gasteiger partial charge in [0.15, 0.2) is 0 Å². The van der Waals surface area contributed by atoms with Crippen LogP contribution < -0.4 is 10.6 Å². The maximum Gasteiger partial charge on any atom is 0.315 e. The van der Waals surface area contributed by atoms with Gasteiger partial charge >= 0.3 is 6.03 Å². The first-order chi connectivity index (χ1) is 9.15. The van der Waals surface area contributed by atoms with Crippen LogP contribution in [0.2, 0.25) is 0 Å². The lowest BCUT2D eigenvalue weighted by Crippen LogP contribution is -2.42. The van der Waals surface area contributed by atoms with E-state index in [1.165, 1.54) is 6.07 Å². The van der Waals surface area contributed by atoms with Crippen molar-refractivity contribution < 1.29 is 9.18 Å². The average molecular weight is 328 g/mol. The van der Waals surface area contributed by atoms with Crippen molar-refractivity contribution in [2.75, 3.05) is 0 Å². The molecule has 2 N–H and O–H groups in total. The van der Waals surface area contributed by atoms with Crippen LogP contribution in [0.3, 0.4) is 0 Å². The van der Waals surface area contributed by atoms with E-state index in [1.54, 1.807) is 6.07 Å². The van der Waals surface area contributed by atoms with Gasteiger partial charge in [0.25, 0.3) is 0 Å². The number of urea groups is 1. The molecule has 0 bridgehead atoms. The van der Waals surface area contributed by atoms with Gasteiger partial charge in [-0.1, -0.05) is 18.2 Å². The Morgan fingerprint density at radius 1 is 1.47 bits per heavy atom. The van der Waals surface area contributed by atoms with Gasteiger partial charge in [0, 0.05) is 18.2 Å². The van der Waals surface area contributed by atoms with E-state index in [4.69, 9.17) is 0 Å². The summed E-state index contributed by atoms with van der Waals surface area (Å²) >= 11 is 3.16. The minimum Gasteiger partial charge on any atom is -0.335 e. The van der Waals surface area contributed by atoms with Crippen molar-refractivity contribution in [1.29, 1.82) is 0 Å². The molecule has 1 aromatic heterocycles. The van der Waals surface area contributed by atoms with Gasteiger partial charge in [0.2, 0.25) is 5.95 Å². The molecule has 1 atom stereocenters. The average Bonchev–Trinajstić information content (AvgIpc) is 2.39. The predicted octanol–water partition coefficient (Wildman–Crippen LogP) is 2.89. The Morgan fingerprint density at radius 3 is 3.00 bits per heavy atom. The summed E-state index contributed by atoms with van der Waals surface area (Å²) in [7, 11) is 0. The maximum atomic E-state index is 12.8. The highest BCUT2D eigenvalue weighted by molar-refractivity contribution is 9.10. The second-order valence-corrected chi connectivity index (χ2v) is 5.14. The quantitative estimate of drug-likeness (QED) is 0.662. The highest BCUT2D eigenvalue weighted by Crippen LogP contribution is 2.14. The van der Waals surface area contributed by atoms with Crippen molar-refractivity contribution >= 4 is 22.0 Å². The summed E-state index contributed by atoms with van der Waals surface area (Å²) in [4.78, 5) is 15.3. The third kappa shape index (κ3) is 4.31. The van der Waals surface area contributed by atoms with Gasteiger partial charge < -0.3 is 10.6 Å². The first kappa shape index (κ1) is 14.0. The minimum absolute atomic E-state index is 0.194. The van der Waals surface area contributed by atoms with E-state index in [9.17, 15) is 9.18 Å². The standard InChI is InChI=1S/C13H15BrFN3O/c14-12-9(6-7-11(15)18-12)8-16-13(19)17-10-4-2-1-3-5-10/h1-2,6-7,10H,3-5,8H2,(H2,16,17,19). The van der Waals surface area contributed by atoms with Crippen LogP contribution >= 0.6 is 15.9 Å². The summed E-state index contributed by atoms with van der Waals surface area (Å²) in [5, 5.41) is 5.65. The normalized spacial score (nSPS) is 18.1. The van der Waals surface area contributed by atoms with Crippen molar-refractivity contribution in [3.05, 3.63) is 40.4 Å². The predicted molar refractivity (Wildman–Crippen MR) is 74.0 cm³/mol. The Balaban J connectivity index is 1.81. The molecule has 0 aliphatic heterocycles. The molecule has 0 saturated heterocycles. The molecule has 0 radical (unpaired) electrons. The van der Waals surface area contributed by atoms with Gasteiger partial charge in [-0.25, -0.2) is 9.78 Å².